The van der Waals surface area contributed by atoms with Crippen molar-refractivity contribution in [3.63, 3.8) is 0 Å². The molecule has 0 aliphatic rings. The first-order chi connectivity index (χ1) is 13.3. The van der Waals surface area contributed by atoms with Crippen LogP contribution in [-0.4, -0.2) is 15.5 Å². The van der Waals surface area contributed by atoms with Gasteiger partial charge in [0.25, 0.3) is 0 Å². The van der Waals surface area contributed by atoms with Crippen LogP contribution in [0, 0.1) is 0 Å². The Morgan fingerprint density at radius 2 is 1.74 bits per heavy atom. The molecule has 0 radical (unpaired) electrons. The van der Waals surface area contributed by atoms with Crippen LogP contribution in [-0.2, 0) is 11.3 Å². The van der Waals surface area contributed by atoms with Crippen molar-refractivity contribution in [1.82, 2.24) is 9.55 Å². The van der Waals surface area contributed by atoms with Crippen LogP contribution in [0.1, 0.15) is 28.4 Å². The molecule has 1 heterocycles. The van der Waals surface area contributed by atoms with E-state index in [0.717, 1.165) is 22.9 Å². The normalized spacial score (nSPS) is 12.0. The minimum absolute atomic E-state index is 0.306. The van der Waals surface area contributed by atoms with Gasteiger partial charge in [0.05, 0.1) is 11.9 Å². The number of imidazole rings is 1. The summed E-state index contributed by atoms with van der Waals surface area (Å²) >= 11 is 0. The molecule has 0 amide bonds. The van der Waals surface area contributed by atoms with Gasteiger partial charge in [-0.15, -0.1) is 0 Å². The monoisotopic (exact) mass is 356 g/mol. The third kappa shape index (κ3) is 3.90. The van der Waals surface area contributed by atoms with Gasteiger partial charge in [0, 0.05) is 30.9 Å². The van der Waals surface area contributed by atoms with Gasteiger partial charge in [-0.1, -0.05) is 60.7 Å². The van der Waals surface area contributed by atoms with E-state index in [-0.39, 0.29) is 12.1 Å². The number of carbonyl (C=O) groups is 1. The lowest BCUT2D eigenvalue weighted by Gasteiger charge is -2.20. The van der Waals surface area contributed by atoms with Gasteiger partial charge >= 0.3 is 5.97 Å². The number of esters is 1. The number of carbonyl (C=O) groups excluding carboxylic acids is 1. The number of nitrogens with zero attached hydrogens (tertiary/aromatic N) is 2. The summed E-state index contributed by atoms with van der Waals surface area (Å²) in [6, 6.07) is 23.4. The molecule has 4 heteroatoms. The van der Waals surface area contributed by atoms with Crippen molar-refractivity contribution in [1.29, 1.82) is 0 Å². The van der Waals surface area contributed by atoms with Crippen LogP contribution in [0.15, 0.2) is 91.5 Å². The van der Waals surface area contributed by atoms with Crippen LogP contribution in [0.3, 0.4) is 0 Å². The minimum Gasteiger partial charge on any atom is -0.454 e. The first-order valence-electron chi connectivity index (χ1n) is 9.01. The molecule has 0 bridgehead atoms. The highest BCUT2D eigenvalue weighted by atomic mass is 16.5. The molecule has 1 atom stereocenters. The molecule has 0 fully saturated rings. The molecule has 1 unspecified atom stereocenters. The van der Waals surface area contributed by atoms with E-state index in [9.17, 15) is 4.79 Å². The van der Waals surface area contributed by atoms with Gasteiger partial charge in [-0.3, -0.25) is 0 Å². The molecule has 0 aliphatic heterocycles. The van der Waals surface area contributed by atoms with Crippen molar-refractivity contribution >= 4 is 16.7 Å². The van der Waals surface area contributed by atoms with Crippen LogP contribution < -0.4 is 0 Å². The molecular formula is C23H20N2O2. The molecule has 3 aromatic carbocycles. The standard InChI is InChI=1S/C23H20N2O2/c26-23(19-8-2-1-3-9-19)27-22(13-15-25-16-14-24-17-25)21-12-6-10-18-7-4-5-11-20(18)21/h1-12,14,16-17,22H,13,15H2. The average Bonchev–Trinajstić information content (AvgIpc) is 3.25. The quantitative estimate of drug-likeness (QED) is 0.455. The first-order valence-corrected chi connectivity index (χ1v) is 9.01. The Hall–Kier alpha value is -3.40. The van der Waals surface area contributed by atoms with E-state index in [0.29, 0.717) is 12.0 Å². The molecule has 4 rings (SSSR count). The number of aromatic nitrogens is 2. The molecule has 0 spiro atoms. The summed E-state index contributed by atoms with van der Waals surface area (Å²) in [6.45, 7) is 0.718. The largest absolute Gasteiger partial charge is 0.454 e. The molecule has 0 saturated heterocycles. The fourth-order valence-corrected chi connectivity index (χ4v) is 3.27. The van der Waals surface area contributed by atoms with Crippen molar-refractivity contribution < 1.29 is 9.53 Å². The van der Waals surface area contributed by atoms with Crippen LogP contribution in [0.5, 0.6) is 0 Å². The number of hydrogen-bond acceptors (Lipinski definition) is 3. The zero-order valence-electron chi connectivity index (χ0n) is 14.9. The molecule has 0 N–H and O–H groups in total. The highest BCUT2D eigenvalue weighted by Gasteiger charge is 2.20. The van der Waals surface area contributed by atoms with E-state index in [2.05, 4.69) is 23.2 Å². The lowest BCUT2D eigenvalue weighted by Crippen LogP contribution is -2.14. The topological polar surface area (TPSA) is 44.1 Å². The summed E-state index contributed by atoms with van der Waals surface area (Å²) in [7, 11) is 0. The number of ether oxygens (including phenoxy) is 1. The molecule has 4 nitrogen and oxygen atoms in total. The molecular weight excluding hydrogens is 336 g/mol. The van der Waals surface area contributed by atoms with Crippen LogP contribution in [0.25, 0.3) is 10.8 Å². The van der Waals surface area contributed by atoms with E-state index in [1.807, 2.05) is 53.2 Å². The lowest BCUT2D eigenvalue weighted by atomic mass is 9.98. The smallest absolute Gasteiger partial charge is 0.338 e. The average molecular weight is 356 g/mol. The maximum atomic E-state index is 12.7. The van der Waals surface area contributed by atoms with Crippen LogP contribution >= 0.6 is 0 Å². The maximum absolute atomic E-state index is 12.7. The van der Waals surface area contributed by atoms with Crippen LogP contribution in [0.4, 0.5) is 0 Å². The molecule has 134 valence electrons. The third-order valence-electron chi connectivity index (χ3n) is 4.64. The fraction of sp³-hybridized carbons (Fsp3) is 0.130. The SMILES string of the molecule is O=C(OC(CCn1ccnc1)c1cccc2ccccc12)c1ccccc1. The number of fused-ring (bicyclic) bond motifs is 1. The van der Waals surface area contributed by atoms with Gasteiger partial charge in [0.15, 0.2) is 0 Å². The predicted molar refractivity (Wildman–Crippen MR) is 105 cm³/mol. The summed E-state index contributed by atoms with van der Waals surface area (Å²) in [5, 5.41) is 2.25. The fourth-order valence-electron chi connectivity index (χ4n) is 3.27. The Labute approximate surface area is 158 Å². The summed E-state index contributed by atoms with van der Waals surface area (Å²) < 4.78 is 7.95. The lowest BCUT2D eigenvalue weighted by molar-refractivity contribution is 0.0270. The van der Waals surface area contributed by atoms with Crippen molar-refractivity contribution in [3.05, 3.63) is 103 Å². The number of hydrogen-bond donors (Lipinski definition) is 0. The predicted octanol–water partition coefficient (Wildman–Crippen LogP) is 5.02. The molecule has 4 aromatic rings. The second kappa shape index (κ2) is 7.87. The molecule has 0 saturated carbocycles. The van der Waals surface area contributed by atoms with E-state index < -0.39 is 0 Å². The molecule has 27 heavy (non-hydrogen) atoms. The van der Waals surface area contributed by atoms with E-state index in [1.165, 1.54) is 0 Å². The summed E-state index contributed by atoms with van der Waals surface area (Å²) in [5.41, 5.74) is 1.59. The summed E-state index contributed by atoms with van der Waals surface area (Å²) in [4.78, 5) is 16.8. The van der Waals surface area contributed by atoms with Gasteiger partial charge in [0.2, 0.25) is 0 Å². The van der Waals surface area contributed by atoms with Gasteiger partial charge in [-0.05, 0) is 22.9 Å². The van der Waals surface area contributed by atoms with E-state index in [4.69, 9.17) is 4.74 Å². The number of aryl methyl sites for hydroxylation is 1. The van der Waals surface area contributed by atoms with Crippen molar-refractivity contribution in [2.24, 2.45) is 0 Å². The first kappa shape index (κ1) is 17.0. The van der Waals surface area contributed by atoms with Gasteiger partial charge in [-0.2, -0.15) is 0 Å². The summed E-state index contributed by atoms with van der Waals surface area (Å²) in [5.74, 6) is -0.306. The van der Waals surface area contributed by atoms with Crippen molar-refractivity contribution in [2.75, 3.05) is 0 Å². The maximum Gasteiger partial charge on any atom is 0.338 e. The molecule has 1 aromatic heterocycles. The van der Waals surface area contributed by atoms with E-state index in [1.54, 1.807) is 24.7 Å². The minimum atomic E-state index is -0.341. The second-order valence-corrected chi connectivity index (χ2v) is 6.42. The number of benzene rings is 3. The van der Waals surface area contributed by atoms with Crippen LogP contribution in [0.2, 0.25) is 0 Å². The van der Waals surface area contributed by atoms with Gasteiger partial charge in [0.1, 0.15) is 6.10 Å². The Bertz CT molecular complexity index is 1020. The highest BCUT2D eigenvalue weighted by Crippen LogP contribution is 2.30. The Kier molecular flexibility index (Phi) is 4.97. The third-order valence-corrected chi connectivity index (χ3v) is 4.64. The van der Waals surface area contributed by atoms with Crippen molar-refractivity contribution in [3.8, 4) is 0 Å². The molecule has 0 aliphatic carbocycles. The second-order valence-electron chi connectivity index (χ2n) is 6.42. The Morgan fingerprint density at radius 1 is 0.963 bits per heavy atom. The zero-order valence-corrected chi connectivity index (χ0v) is 14.9. The Morgan fingerprint density at radius 3 is 2.56 bits per heavy atom. The van der Waals surface area contributed by atoms with E-state index >= 15 is 0 Å². The Balaban J connectivity index is 1.65. The number of rotatable bonds is 6. The zero-order chi connectivity index (χ0) is 18.5. The summed E-state index contributed by atoms with van der Waals surface area (Å²) in [6.07, 6.45) is 5.77. The van der Waals surface area contributed by atoms with Gasteiger partial charge < -0.3 is 9.30 Å². The van der Waals surface area contributed by atoms with Gasteiger partial charge in [-0.25, -0.2) is 9.78 Å². The van der Waals surface area contributed by atoms with Crippen molar-refractivity contribution in [2.45, 2.75) is 19.1 Å². The highest BCUT2D eigenvalue weighted by molar-refractivity contribution is 5.90.